The number of aliphatic carboxylic acids is 1. The zero-order valence-corrected chi connectivity index (χ0v) is 15.2. The molecule has 0 saturated carbocycles. The van der Waals surface area contributed by atoms with Gasteiger partial charge < -0.3 is 24.8 Å². The van der Waals surface area contributed by atoms with Crippen LogP contribution in [0, 0.1) is 13.8 Å². The average molecular weight is 364 g/mol. The van der Waals surface area contributed by atoms with E-state index in [9.17, 15) is 14.4 Å². The number of carboxylic acid groups (broad SMARTS) is 1. The van der Waals surface area contributed by atoms with Crippen LogP contribution in [0.3, 0.4) is 0 Å². The van der Waals surface area contributed by atoms with Gasteiger partial charge in [0, 0.05) is 32.1 Å². The van der Waals surface area contributed by atoms with Crippen LogP contribution in [0.5, 0.6) is 5.75 Å². The van der Waals surface area contributed by atoms with Gasteiger partial charge in [-0.05, 0) is 37.1 Å². The molecule has 142 valence electrons. The molecule has 1 aromatic rings. The quantitative estimate of drug-likeness (QED) is 0.772. The number of carboxylic acids is 1. The molecular formula is C18H24N2O6. The molecule has 0 aliphatic carbocycles. The van der Waals surface area contributed by atoms with E-state index in [4.69, 9.17) is 14.6 Å². The van der Waals surface area contributed by atoms with Gasteiger partial charge in [-0.1, -0.05) is 0 Å². The maximum absolute atomic E-state index is 12.8. The second kappa shape index (κ2) is 8.66. The minimum absolute atomic E-state index is 0.128. The number of nitrogens with one attached hydrogen (secondary N) is 1. The maximum Gasteiger partial charge on any atom is 0.341 e. The van der Waals surface area contributed by atoms with E-state index in [2.05, 4.69) is 5.32 Å². The summed E-state index contributed by atoms with van der Waals surface area (Å²) in [5, 5.41) is 11.4. The van der Waals surface area contributed by atoms with Crippen molar-refractivity contribution in [2.75, 3.05) is 32.8 Å². The second-order valence-corrected chi connectivity index (χ2v) is 6.30. The van der Waals surface area contributed by atoms with Crippen molar-refractivity contribution < 1.29 is 29.0 Å². The summed E-state index contributed by atoms with van der Waals surface area (Å²) in [7, 11) is 0. The van der Waals surface area contributed by atoms with Crippen LogP contribution >= 0.6 is 0 Å². The van der Waals surface area contributed by atoms with Gasteiger partial charge in [-0.15, -0.1) is 0 Å². The monoisotopic (exact) mass is 364 g/mol. The number of nitrogens with zero attached hydrogens (tertiary/aromatic N) is 1. The Labute approximate surface area is 152 Å². The predicted octanol–water partition coefficient (Wildman–Crippen LogP) is 0.744. The van der Waals surface area contributed by atoms with Crippen LogP contribution < -0.4 is 10.1 Å². The first-order valence-electron chi connectivity index (χ1n) is 8.39. The van der Waals surface area contributed by atoms with Gasteiger partial charge in [0.15, 0.2) is 6.61 Å². The van der Waals surface area contributed by atoms with Crippen LogP contribution in [0.15, 0.2) is 12.1 Å². The number of amides is 2. The molecule has 1 unspecified atom stereocenters. The summed E-state index contributed by atoms with van der Waals surface area (Å²) in [5.74, 6) is -0.839. The largest absolute Gasteiger partial charge is 0.481 e. The molecule has 1 atom stereocenters. The van der Waals surface area contributed by atoms with Crippen molar-refractivity contribution in [2.45, 2.75) is 26.9 Å². The number of carbonyl (C=O) groups is 3. The lowest BCUT2D eigenvalue weighted by Gasteiger charge is -2.33. The Morgan fingerprint density at radius 3 is 2.54 bits per heavy atom. The fourth-order valence-electron chi connectivity index (χ4n) is 2.90. The number of hydrogen-bond acceptors (Lipinski definition) is 5. The van der Waals surface area contributed by atoms with E-state index in [1.54, 1.807) is 30.9 Å². The summed E-state index contributed by atoms with van der Waals surface area (Å²) in [6, 6.07) is 3.40. The third-order valence-electron chi connectivity index (χ3n) is 4.05. The number of morpholine rings is 1. The Balaban J connectivity index is 2.08. The number of benzene rings is 1. The van der Waals surface area contributed by atoms with Crippen LogP contribution in [0.25, 0.3) is 0 Å². The fourth-order valence-corrected chi connectivity index (χ4v) is 2.90. The van der Waals surface area contributed by atoms with Gasteiger partial charge in [0.2, 0.25) is 5.91 Å². The minimum atomic E-state index is -1.05. The molecule has 1 fully saturated rings. The van der Waals surface area contributed by atoms with Gasteiger partial charge in [0.1, 0.15) is 5.75 Å². The SMILES string of the molecule is CC(=O)NCC1CN(C(=O)c2cc(C)c(OCC(=O)O)c(C)c2)CCO1. The van der Waals surface area contributed by atoms with Crippen molar-refractivity contribution >= 4 is 17.8 Å². The lowest BCUT2D eigenvalue weighted by atomic mass is 10.0. The van der Waals surface area contributed by atoms with E-state index in [0.29, 0.717) is 48.7 Å². The lowest BCUT2D eigenvalue weighted by Crippen LogP contribution is -2.49. The Kier molecular flexibility index (Phi) is 6.57. The molecule has 26 heavy (non-hydrogen) atoms. The smallest absolute Gasteiger partial charge is 0.341 e. The molecule has 1 aliphatic rings. The second-order valence-electron chi connectivity index (χ2n) is 6.30. The third kappa shape index (κ3) is 5.19. The number of ether oxygens (including phenoxy) is 2. The zero-order chi connectivity index (χ0) is 19.3. The molecule has 0 aromatic heterocycles. The number of carbonyl (C=O) groups excluding carboxylic acids is 2. The molecule has 0 spiro atoms. The molecule has 1 aromatic carbocycles. The van der Waals surface area contributed by atoms with Crippen molar-refractivity contribution in [3.8, 4) is 5.75 Å². The van der Waals surface area contributed by atoms with Gasteiger partial charge in [-0.3, -0.25) is 9.59 Å². The van der Waals surface area contributed by atoms with E-state index < -0.39 is 12.6 Å². The third-order valence-corrected chi connectivity index (χ3v) is 4.05. The van der Waals surface area contributed by atoms with Crippen molar-refractivity contribution in [1.82, 2.24) is 10.2 Å². The lowest BCUT2D eigenvalue weighted by molar-refractivity contribution is -0.139. The predicted molar refractivity (Wildman–Crippen MR) is 93.4 cm³/mol. The first-order chi connectivity index (χ1) is 12.3. The van der Waals surface area contributed by atoms with Crippen molar-refractivity contribution in [2.24, 2.45) is 0 Å². The van der Waals surface area contributed by atoms with Crippen LogP contribution in [-0.4, -0.2) is 66.7 Å². The molecule has 2 rings (SSSR count). The Hall–Kier alpha value is -2.61. The molecule has 1 aliphatic heterocycles. The van der Waals surface area contributed by atoms with E-state index >= 15 is 0 Å². The van der Waals surface area contributed by atoms with Crippen molar-refractivity contribution in [3.63, 3.8) is 0 Å². The van der Waals surface area contributed by atoms with Crippen LogP contribution in [0.1, 0.15) is 28.4 Å². The molecule has 8 heteroatoms. The summed E-state index contributed by atoms with van der Waals surface area (Å²) in [4.78, 5) is 36.2. The molecular weight excluding hydrogens is 340 g/mol. The summed E-state index contributed by atoms with van der Waals surface area (Å²) in [6.45, 7) is 6.21. The van der Waals surface area contributed by atoms with Crippen molar-refractivity contribution in [3.05, 3.63) is 28.8 Å². The van der Waals surface area contributed by atoms with Crippen molar-refractivity contribution in [1.29, 1.82) is 0 Å². The highest BCUT2D eigenvalue weighted by atomic mass is 16.5. The average Bonchev–Trinajstić information content (AvgIpc) is 2.58. The van der Waals surface area contributed by atoms with Gasteiger partial charge in [0.05, 0.1) is 12.7 Å². The van der Waals surface area contributed by atoms with Gasteiger partial charge >= 0.3 is 5.97 Å². The Morgan fingerprint density at radius 2 is 1.96 bits per heavy atom. The minimum Gasteiger partial charge on any atom is -0.481 e. The normalized spacial score (nSPS) is 16.9. The number of aryl methyl sites for hydroxylation is 2. The standard InChI is InChI=1S/C18H24N2O6/c1-11-6-14(7-12(2)17(11)26-10-16(22)23)18(24)20-4-5-25-15(9-20)8-19-13(3)21/h6-7,15H,4-5,8-10H2,1-3H3,(H,19,21)(H,22,23). The van der Waals surface area contributed by atoms with Crippen LogP contribution in [-0.2, 0) is 14.3 Å². The molecule has 8 nitrogen and oxygen atoms in total. The number of hydrogen-bond donors (Lipinski definition) is 2. The molecule has 0 bridgehead atoms. The van der Waals surface area contributed by atoms with Crippen LogP contribution in [0.4, 0.5) is 0 Å². The van der Waals surface area contributed by atoms with E-state index in [0.717, 1.165) is 0 Å². The summed E-state index contributed by atoms with van der Waals surface area (Å²) in [6.07, 6.45) is -0.239. The Bertz CT molecular complexity index is 680. The molecule has 1 heterocycles. The van der Waals surface area contributed by atoms with Gasteiger partial charge in [0.25, 0.3) is 5.91 Å². The molecule has 2 N–H and O–H groups in total. The summed E-state index contributed by atoms with van der Waals surface area (Å²) in [5.41, 5.74) is 1.93. The Morgan fingerprint density at radius 1 is 1.31 bits per heavy atom. The first-order valence-corrected chi connectivity index (χ1v) is 8.39. The van der Waals surface area contributed by atoms with Crippen LogP contribution in [0.2, 0.25) is 0 Å². The molecule has 1 saturated heterocycles. The van der Waals surface area contributed by atoms with E-state index in [1.807, 2.05) is 0 Å². The highest BCUT2D eigenvalue weighted by Crippen LogP contribution is 2.26. The highest BCUT2D eigenvalue weighted by molar-refractivity contribution is 5.95. The van der Waals surface area contributed by atoms with Gasteiger partial charge in [-0.25, -0.2) is 4.79 Å². The van der Waals surface area contributed by atoms with Gasteiger partial charge in [-0.2, -0.15) is 0 Å². The summed E-state index contributed by atoms with van der Waals surface area (Å²) < 4.78 is 10.9. The fraction of sp³-hybridized carbons (Fsp3) is 0.500. The van der Waals surface area contributed by atoms with E-state index in [1.165, 1.54) is 6.92 Å². The summed E-state index contributed by atoms with van der Waals surface area (Å²) >= 11 is 0. The molecule has 2 amide bonds. The number of rotatable bonds is 6. The van der Waals surface area contributed by atoms with E-state index in [-0.39, 0.29) is 17.9 Å². The molecule has 0 radical (unpaired) electrons. The zero-order valence-electron chi connectivity index (χ0n) is 15.2. The maximum atomic E-state index is 12.8. The first kappa shape index (κ1) is 19.7. The topological polar surface area (TPSA) is 105 Å². The highest BCUT2D eigenvalue weighted by Gasteiger charge is 2.26.